The maximum absolute atomic E-state index is 4.51. The second-order valence-corrected chi connectivity index (χ2v) is 9.85. The summed E-state index contributed by atoms with van der Waals surface area (Å²) in [5, 5.41) is 3.60. The molecule has 1 aliphatic heterocycles. The van der Waals surface area contributed by atoms with E-state index >= 15 is 0 Å². The number of rotatable bonds is 2. The maximum Gasteiger partial charge on any atom is 0.0750 e. The first-order chi connectivity index (χ1) is 18.2. The Morgan fingerprint density at radius 2 is 1.08 bits per heavy atom. The second kappa shape index (κ2) is 8.21. The van der Waals surface area contributed by atoms with Gasteiger partial charge in [0.15, 0.2) is 0 Å². The first-order valence-corrected chi connectivity index (χ1v) is 12.8. The molecule has 1 heterocycles. The van der Waals surface area contributed by atoms with Crippen molar-refractivity contribution in [2.24, 2.45) is 0 Å². The molecular weight excluding hydrogens is 446 g/mol. The second-order valence-electron chi connectivity index (χ2n) is 9.85. The lowest BCUT2D eigenvalue weighted by Gasteiger charge is -2.42. The molecule has 0 fully saturated rings. The van der Waals surface area contributed by atoms with Crippen molar-refractivity contribution in [1.82, 2.24) is 0 Å². The van der Waals surface area contributed by atoms with Gasteiger partial charge in [0.25, 0.3) is 0 Å². The normalized spacial score (nSPS) is 15.7. The molecule has 5 aromatic carbocycles. The molecule has 1 N–H and O–H groups in total. The zero-order valence-corrected chi connectivity index (χ0v) is 20.8. The predicted molar refractivity (Wildman–Crippen MR) is 156 cm³/mol. The number of hydrogen-bond acceptors (Lipinski definition) is 1. The molecule has 2 aliphatic rings. The minimum Gasteiger partial charge on any atom is -0.355 e. The van der Waals surface area contributed by atoms with Crippen LogP contribution in [0.4, 0.5) is 5.69 Å². The van der Waals surface area contributed by atoms with Gasteiger partial charge < -0.3 is 5.32 Å². The Labute approximate surface area is 218 Å². The fourth-order valence-corrected chi connectivity index (χ4v) is 6.44. The third-order valence-electron chi connectivity index (χ3n) is 7.99. The number of anilines is 1. The van der Waals surface area contributed by atoms with Crippen LogP contribution in [0, 0.1) is 0 Å². The molecule has 0 unspecified atom stereocenters. The summed E-state index contributed by atoms with van der Waals surface area (Å²) in [7, 11) is 0. The van der Waals surface area contributed by atoms with Crippen molar-refractivity contribution < 1.29 is 0 Å². The molecule has 37 heavy (non-hydrogen) atoms. The Hall–Kier alpha value is -4.62. The number of para-hydroxylation sites is 1. The van der Waals surface area contributed by atoms with Crippen molar-refractivity contribution >= 4 is 5.69 Å². The molecule has 0 atom stereocenters. The van der Waals surface area contributed by atoms with Crippen molar-refractivity contribution in [3.8, 4) is 33.4 Å². The summed E-state index contributed by atoms with van der Waals surface area (Å²) in [6.07, 6.45) is 2.24. The Balaban J connectivity index is 1.60. The lowest BCUT2D eigenvalue weighted by atomic mass is 9.63. The van der Waals surface area contributed by atoms with Gasteiger partial charge in [0.05, 0.1) is 5.41 Å². The van der Waals surface area contributed by atoms with Crippen LogP contribution in [0.1, 0.15) is 23.6 Å². The summed E-state index contributed by atoms with van der Waals surface area (Å²) < 4.78 is 0. The average Bonchev–Trinajstić information content (AvgIpc) is 3.24. The molecule has 176 valence electrons. The number of fused-ring (bicyclic) bond motifs is 7. The number of allylic oxidation sites excluding steroid dienone is 2. The van der Waals surface area contributed by atoms with Crippen LogP contribution in [0.2, 0.25) is 0 Å². The van der Waals surface area contributed by atoms with Crippen molar-refractivity contribution in [2.45, 2.75) is 12.3 Å². The molecular formula is C36H27N. The van der Waals surface area contributed by atoms with Crippen LogP contribution >= 0.6 is 0 Å². The van der Waals surface area contributed by atoms with Gasteiger partial charge in [0.1, 0.15) is 0 Å². The summed E-state index contributed by atoms with van der Waals surface area (Å²) in [6.45, 7) is 6.65. The van der Waals surface area contributed by atoms with Gasteiger partial charge in [0, 0.05) is 11.4 Å². The Morgan fingerprint density at radius 1 is 0.568 bits per heavy atom. The van der Waals surface area contributed by atoms with Crippen LogP contribution in [0.25, 0.3) is 33.4 Å². The van der Waals surface area contributed by atoms with Gasteiger partial charge in [-0.05, 0) is 80.8 Å². The van der Waals surface area contributed by atoms with Crippen LogP contribution in [-0.4, -0.2) is 0 Å². The molecule has 1 spiro atoms. The summed E-state index contributed by atoms with van der Waals surface area (Å²) in [5.41, 5.74) is 14.2. The predicted octanol–water partition coefficient (Wildman–Crippen LogP) is 9.22. The molecule has 0 bridgehead atoms. The molecule has 0 amide bonds. The van der Waals surface area contributed by atoms with Gasteiger partial charge in [-0.3, -0.25) is 0 Å². The van der Waals surface area contributed by atoms with Crippen molar-refractivity contribution in [3.63, 3.8) is 0 Å². The van der Waals surface area contributed by atoms with E-state index in [-0.39, 0.29) is 0 Å². The van der Waals surface area contributed by atoms with Crippen LogP contribution < -0.4 is 5.32 Å². The SMILES string of the molecule is C=C1Nc2ccccc2C2(/C1=C/C)c1cc(-c3ccccc3)ccc1-c1ccc(-c3ccccc3)cc12. The highest BCUT2D eigenvalue weighted by atomic mass is 14.9. The van der Waals surface area contributed by atoms with E-state index in [4.69, 9.17) is 0 Å². The highest BCUT2D eigenvalue weighted by molar-refractivity contribution is 5.93. The monoisotopic (exact) mass is 473 g/mol. The third-order valence-corrected chi connectivity index (χ3v) is 7.99. The van der Waals surface area contributed by atoms with E-state index < -0.39 is 5.41 Å². The number of hydrogen-bond donors (Lipinski definition) is 1. The minimum atomic E-state index is -0.450. The Morgan fingerprint density at radius 3 is 1.62 bits per heavy atom. The molecule has 1 aliphatic carbocycles. The summed E-state index contributed by atoms with van der Waals surface area (Å²) in [6, 6.07) is 44.0. The fraction of sp³-hybridized carbons (Fsp3) is 0.0556. The van der Waals surface area contributed by atoms with Gasteiger partial charge in [-0.15, -0.1) is 0 Å². The quantitative estimate of drug-likeness (QED) is 0.269. The molecule has 0 saturated heterocycles. The van der Waals surface area contributed by atoms with Crippen LogP contribution in [0.3, 0.4) is 0 Å². The first-order valence-electron chi connectivity index (χ1n) is 12.8. The van der Waals surface area contributed by atoms with E-state index in [0.29, 0.717) is 0 Å². The maximum atomic E-state index is 4.51. The minimum absolute atomic E-state index is 0.450. The first kappa shape index (κ1) is 21.6. The molecule has 5 aromatic rings. The highest BCUT2D eigenvalue weighted by Crippen LogP contribution is 2.61. The van der Waals surface area contributed by atoms with E-state index in [1.165, 1.54) is 55.6 Å². The molecule has 1 heteroatoms. The largest absolute Gasteiger partial charge is 0.355 e. The van der Waals surface area contributed by atoms with E-state index in [2.05, 4.69) is 146 Å². The Bertz CT molecular complexity index is 1620. The van der Waals surface area contributed by atoms with Crippen molar-refractivity contribution in [2.75, 3.05) is 5.32 Å². The van der Waals surface area contributed by atoms with Crippen molar-refractivity contribution in [1.29, 1.82) is 0 Å². The highest BCUT2D eigenvalue weighted by Gasteiger charge is 2.51. The standard InChI is InChI=1S/C36H27N/c1-3-31-24(2)37-35-17-11-10-16-32(35)36(31)33-22-27(25-12-6-4-7-13-25)18-20-29(33)30-21-19-28(23-34(30)36)26-14-8-5-9-15-26/h3-23,37H,2H2,1H3/b31-3+. The topological polar surface area (TPSA) is 12.0 Å². The van der Waals surface area contributed by atoms with E-state index in [1.807, 2.05) is 0 Å². The van der Waals surface area contributed by atoms with Gasteiger partial charge in [0.2, 0.25) is 0 Å². The summed E-state index contributed by atoms with van der Waals surface area (Å²) in [4.78, 5) is 0. The average molecular weight is 474 g/mol. The molecule has 1 nitrogen and oxygen atoms in total. The fourth-order valence-electron chi connectivity index (χ4n) is 6.44. The van der Waals surface area contributed by atoms with E-state index in [1.54, 1.807) is 0 Å². The van der Waals surface area contributed by atoms with E-state index in [0.717, 1.165) is 11.4 Å². The summed E-state index contributed by atoms with van der Waals surface area (Å²) in [5.74, 6) is 0. The van der Waals surface area contributed by atoms with Gasteiger partial charge in [-0.2, -0.15) is 0 Å². The van der Waals surface area contributed by atoms with E-state index in [9.17, 15) is 0 Å². The zero-order chi connectivity index (χ0) is 25.0. The molecule has 0 saturated carbocycles. The van der Waals surface area contributed by atoms with Gasteiger partial charge in [-0.25, -0.2) is 0 Å². The molecule has 0 aromatic heterocycles. The smallest absolute Gasteiger partial charge is 0.0750 e. The molecule has 0 radical (unpaired) electrons. The van der Waals surface area contributed by atoms with Crippen LogP contribution in [-0.2, 0) is 5.41 Å². The van der Waals surface area contributed by atoms with Gasteiger partial charge in [-0.1, -0.05) is 116 Å². The Kier molecular flexibility index (Phi) is 4.81. The lowest BCUT2D eigenvalue weighted by molar-refractivity contribution is 0.742. The van der Waals surface area contributed by atoms with Crippen molar-refractivity contribution in [3.05, 3.63) is 162 Å². The third kappa shape index (κ3) is 3.04. The zero-order valence-electron chi connectivity index (χ0n) is 20.8. The van der Waals surface area contributed by atoms with Gasteiger partial charge >= 0.3 is 0 Å². The lowest BCUT2D eigenvalue weighted by Crippen LogP contribution is -2.36. The summed E-state index contributed by atoms with van der Waals surface area (Å²) >= 11 is 0. The molecule has 7 rings (SSSR count). The number of benzene rings is 5. The van der Waals surface area contributed by atoms with Crippen LogP contribution in [0.15, 0.2) is 145 Å². The van der Waals surface area contributed by atoms with Crippen LogP contribution in [0.5, 0.6) is 0 Å². The number of nitrogens with one attached hydrogen (secondary N) is 1.